The van der Waals surface area contributed by atoms with Crippen molar-refractivity contribution < 1.29 is 19.0 Å². The second kappa shape index (κ2) is 9.86. The van der Waals surface area contributed by atoms with Gasteiger partial charge in [0.1, 0.15) is 5.69 Å². The predicted octanol–water partition coefficient (Wildman–Crippen LogP) is 2.87. The monoisotopic (exact) mass is 448 g/mol. The Labute approximate surface area is 190 Å². The first-order chi connectivity index (χ1) is 16.1. The summed E-state index contributed by atoms with van der Waals surface area (Å²) in [5.74, 6) is 1.17. The molecular formula is C23H24N6O4. The highest BCUT2D eigenvalue weighted by molar-refractivity contribution is 5.93. The summed E-state index contributed by atoms with van der Waals surface area (Å²) in [4.78, 5) is 14.6. The number of carbonyl (C=O) groups is 1. The van der Waals surface area contributed by atoms with Crippen LogP contribution in [-0.4, -0.2) is 52.4 Å². The lowest BCUT2D eigenvalue weighted by Crippen LogP contribution is -2.32. The van der Waals surface area contributed by atoms with Crippen molar-refractivity contribution in [3.05, 3.63) is 72.2 Å². The number of nitrogens with zero attached hydrogens (tertiary/aromatic N) is 4. The van der Waals surface area contributed by atoms with Crippen LogP contribution in [0.5, 0.6) is 17.2 Å². The maximum Gasteiger partial charge on any atom is 0.269 e. The third kappa shape index (κ3) is 4.79. The molecule has 0 saturated heterocycles. The maximum atomic E-state index is 13.0. The zero-order chi connectivity index (χ0) is 23.2. The molecule has 2 aromatic carbocycles. The number of aromatic amines is 1. The fourth-order valence-electron chi connectivity index (χ4n) is 3.47. The van der Waals surface area contributed by atoms with Gasteiger partial charge in [-0.1, -0.05) is 30.3 Å². The zero-order valence-electron chi connectivity index (χ0n) is 18.5. The van der Waals surface area contributed by atoms with E-state index in [4.69, 9.17) is 14.2 Å². The molecule has 1 amide bonds. The van der Waals surface area contributed by atoms with E-state index in [1.54, 1.807) is 51.9 Å². The lowest BCUT2D eigenvalue weighted by molar-refractivity contribution is 0.0925. The van der Waals surface area contributed by atoms with Gasteiger partial charge in [0.05, 0.1) is 52.0 Å². The number of benzene rings is 2. The van der Waals surface area contributed by atoms with E-state index in [1.807, 2.05) is 30.3 Å². The van der Waals surface area contributed by atoms with Crippen LogP contribution in [0.4, 0.5) is 0 Å². The fourth-order valence-corrected chi connectivity index (χ4v) is 3.47. The van der Waals surface area contributed by atoms with E-state index in [2.05, 4.69) is 25.7 Å². The molecule has 0 radical (unpaired) electrons. The Bertz CT molecular complexity index is 1180. The smallest absolute Gasteiger partial charge is 0.269 e. The van der Waals surface area contributed by atoms with Crippen LogP contribution in [0.3, 0.4) is 0 Å². The molecule has 10 heteroatoms. The van der Waals surface area contributed by atoms with E-state index >= 15 is 0 Å². The maximum absolute atomic E-state index is 13.0. The average Bonchev–Trinajstić information content (AvgIpc) is 3.55. The van der Waals surface area contributed by atoms with Gasteiger partial charge in [-0.05, 0) is 23.8 Å². The second-order valence-corrected chi connectivity index (χ2v) is 7.10. The van der Waals surface area contributed by atoms with Crippen molar-refractivity contribution in [2.75, 3.05) is 21.3 Å². The number of ether oxygens (including phenoxy) is 3. The van der Waals surface area contributed by atoms with Crippen molar-refractivity contribution in [2.24, 2.45) is 0 Å². The quantitative estimate of drug-likeness (QED) is 0.404. The molecule has 33 heavy (non-hydrogen) atoms. The molecule has 0 saturated carbocycles. The summed E-state index contributed by atoms with van der Waals surface area (Å²) in [5.41, 5.74) is 2.52. The van der Waals surface area contributed by atoms with E-state index in [1.165, 1.54) is 4.80 Å². The lowest BCUT2D eigenvalue weighted by Gasteiger charge is -2.18. The van der Waals surface area contributed by atoms with Gasteiger partial charge in [0, 0.05) is 5.56 Å². The van der Waals surface area contributed by atoms with Gasteiger partial charge in [-0.15, -0.1) is 0 Å². The third-order valence-electron chi connectivity index (χ3n) is 5.10. The van der Waals surface area contributed by atoms with Gasteiger partial charge in [0.25, 0.3) is 5.91 Å². The SMILES string of the molecule is COc1cc(-c2cc(C(=O)N[C@H](Cn3nccn3)c3ccccc3)[nH]n2)cc(OC)c1OC. The first kappa shape index (κ1) is 21.9. The van der Waals surface area contributed by atoms with Gasteiger partial charge in [-0.2, -0.15) is 20.1 Å². The molecule has 10 nitrogen and oxygen atoms in total. The molecule has 170 valence electrons. The number of methoxy groups -OCH3 is 3. The van der Waals surface area contributed by atoms with E-state index < -0.39 is 0 Å². The van der Waals surface area contributed by atoms with Crippen LogP contribution in [0.15, 0.2) is 60.9 Å². The van der Waals surface area contributed by atoms with Crippen LogP contribution in [0.1, 0.15) is 22.1 Å². The minimum absolute atomic E-state index is 0.304. The van der Waals surface area contributed by atoms with Gasteiger partial charge in [0.2, 0.25) is 5.75 Å². The Hall–Kier alpha value is -4.34. The molecule has 0 fully saturated rings. The van der Waals surface area contributed by atoms with Crippen molar-refractivity contribution >= 4 is 5.91 Å². The van der Waals surface area contributed by atoms with Crippen molar-refractivity contribution in [1.82, 2.24) is 30.5 Å². The molecule has 2 heterocycles. The molecule has 1 atom stereocenters. The van der Waals surface area contributed by atoms with Gasteiger partial charge < -0.3 is 19.5 Å². The standard InChI is InChI=1S/C23H24N6O4/c1-31-20-11-16(12-21(32-2)22(20)33-3)17-13-18(28-27-17)23(30)26-19(14-29-24-9-10-25-29)15-7-5-4-6-8-15/h4-13,19H,14H2,1-3H3,(H,26,30)(H,27,28)/t19-/m1/s1. The predicted molar refractivity (Wildman–Crippen MR) is 120 cm³/mol. The normalized spacial score (nSPS) is 11.6. The molecule has 4 rings (SSSR count). The fraction of sp³-hybridized carbons (Fsp3) is 0.217. The summed E-state index contributed by atoms with van der Waals surface area (Å²) in [6.07, 6.45) is 3.20. The van der Waals surface area contributed by atoms with Crippen molar-refractivity contribution in [3.63, 3.8) is 0 Å². The van der Waals surface area contributed by atoms with Crippen LogP contribution in [0, 0.1) is 0 Å². The largest absolute Gasteiger partial charge is 0.493 e. The Morgan fingerprint density at radius 1 is 1.00 bits per heavy atom. The van der Waals surface area contributed by atoms with Crippen molar-refractivity contribution in [1.29, 1.82) is 0 Å². The van der Waals surface area contributed by atoms with Gasteiger partial charge >= 0.3 is 0 Å². The molecule has 2 aromatic heterocycles. The molecular weight excluding hydrogens is 424 g/mol. The van der Waals surface area contributed by atoms with E-state index in [-0.39, 0.29) is 11.9 Å². The Kier molecular flexibility index (Phi) is 6.53. The number of H-pyrrole nitrogens is 1. The summed E-state index contributed by atoms with van der Waals surface area (Å²) >= 11 is 0. The molecule has 2 N–H and O–H groups in total. The van der Waals surface area contributed by atoms with Gasteiger partial charge in [0.15, 0.2) is 11.5 Å². The molecule has 0 unspecified atom stereocenters. The molecule has 0 aliphatic carbocycles. The van der Waals surface area contributed by atoms with Crippen LogP contribution in [0.2, 0.25) is 0 Å². The minimum atomic E-state index is -0.334. The highest BCUT2D eigenvalue weighted by Gasteiger charge is 2.20. The zero-order valence-corrected chi connectivity index (χ0v) is 18.5. The van der Waals surface area contributed by atoms with Crippen molar-refractivity contribution in [3.8, 4) is 28.5 Å². The van der Waals surface area contributed by atoms with Crippen LogP contribution >= 0.6 is 0 Å². The summed E-state index contributed by atoms with van der Waals surface area (Å²) < 4.78 is 16.2. The average molecular weight is 448 g/mol. The first-order valence-electron chi connectivity index (χ1n) is 10.2. The first-order valence-corrected chi connectivity index (χ1v) is 10.2. The molecule has 0 aliphatic rings. The highest BCUT2D eigenvalue weighted by atomic mass is 16.5. The number of hydrogen-bond acceptors (Lipinski definition) is 7. The van der Waals surface area contributed by atoms with Gasteiger partial charge in [-0.25, -0.2) is 0 Å². The number of hydrogen-bond donors (Lipinski definition) is 2. The Morgan fingerprint density at radius 3 is 2.27 bits per heavy atom. The molecule has 0 bridgehead atoms. The van der Waals surface area contributed by atoms with Crippen LogP contribution in [0.25, 0.3) is 11.3 Å². The minimum Gasteiger partial charge on any atom is -0.493 e. The topological polar surface area (TPSA) is 116 Å². The number of carbonyl (C=O) groups excluding carboxylic acids is 1. The Balaban J connectivity index is 1.58. The summed E-state index contributed by atoms with van der Waals surface area (Å²) in [7, 11) is 4.63. The highest BCUT2D eigenvalue weighted by Crippen LogP contribution is 2.40. The van der Waals surface area contributed by atoms with Crippen LogP contribution < -0.4 is 19.5 Å². The van der Waals surface area contributed by atoms with E-state index in [0.29, 0.717) is 40.7 Å². The number of nitrogens with one attached hydrogen (secondary N) is 2. The second-order valence-electron chi connectivity index (χ2n) is 7.10. The summed E-state index contributed by atoms with van der Waals surface area (Å²) in [6, 6.07) is 14.5. The van der Waals surface area contributed by atoms with E-state index in [9.17, 15) is 4.79 Å². The van der Waals surface area contributed by atoms with E-state index in [0.717, 1.165) is 5.56 Å². The number of rotatable bonds is 9. The van der Waals surface area contributed by atoms with Crippen LogP contribution in [-0.2, 0) is 6.54 Å². The number of aromatic nitrogens is 5. The molecule has 0 spiro atoms. The molecule has 4 aromatic rings. The Morgan fingerprint density at radius 2 is 1.67 bits per heavy atom. The third-order valence-corrected chi connectivity index (χ3v) is 5.10. The summed E-state index contributed by atoms with van der Waals surface area (Å²) in [6.45, 7) is 0.386. The number of amides is 1. The van der Waals surface area contributed by atoms with Crippen molar-refractivity contribution in [2.45, 2.75) is 12.6 Å². The lowest BCUT2D eigenvalue weighted by atomic mass is 10.1. The summed E-state index contributed by atoms with van der Waals surface area (Å²) in [5, 5.41) is 18.5. The molecule has 0 aliphatic heterocycles. The van der Waals surface area contributed by atoms with Gasteiger partial charge in [-0.3, -0.25) is 9.89 Å².